The van der Waals surface area contributed by atoms with Gasteiger partial charge < -0.3 is 10.2 Å². The molecule has 0 fully saturated rings. The Balaban J connectivity index is 2.26. The summed E-state index contributed by atoms with van der Waals surface area (Å²) in [5, 5.41) is 3.36. The molecule has 1 aromatic carbocycles. The zero-order valence-electron chi connectivity index (χ0n) is 12.0. The molecule has 0 unspecified atom stereocenters. The molecule has 1 N–H and O–H groups in total. The number of rotatable bonds is 8. The summed E-state index contributed by atoms with van der Waals surface area (Å²) in [6.07, 6.45) is 0.532. The second-order valence-electron chi connectivity index (χ2n) is 5.36. The van der Waals surface area contributed by atoms with Gasteiger partial charge in [0.1, 0.15) is 0 Å². The molecule has 0 aliphatic heterocycles. The Morgan fingerprint density at radius 2 is 1.95 bits per heavy atom. The average molecular weight is 270 g/mol. The fourth-order valence-electron chi connectivity index (χ4n) is 1.83. The summed E-state index contributed by atoms with van der Waals surface area (Å²) in [6.45, 7) is 7.90. The van der Waals surface area contributed by atoms with Gasteiger partial charge in [-0.1, -0.05) is 26.0 Å². The van der Waals surface area contributed by atoms with Crippen molar-refractivity contribution in [2.24, 2.45) is 5.92 Å². The average Bonchev–Trinajstić information content (AvgIpc) is 2.36. The van der Waals surface area contributed by atoms with E-state index in [1.807, 2.05) is 7.05 Å². The maximum absolute atomic E-state index is 13.4. The molecule has 0 saturated heterocycles. The fourth-order valence-corrected chi connectivity index (χ4v) is 1.83. The Hall–Kier alpha value is -1.00. The lowest BCUT2D eigenvalue weighted by atomic mass is 10.1. The van der Waals surface area contributed by atoms with Gasteiger partial charge in [0.15, 0.2) is 11.6 Å². The second-order valence-corrected chi connectivity index (χ2v) is 5.36. The standard InChI is InChI=1S/C15H24F2N2/c1-12(2)11-18-8-10-19(3)9-7-13-5-4-6-14(16)15(13)17/h4-6,12,18H,7-11H2,1-3H3. The van der Waals surface area contributed by atoms with Crippen molar-refractivity contribution in [2.75, 3.05) is 33.2 Å². The quantitative estimate of drug-likeness (QED) is 0.731. The van der Waals surface area contributed by atoms with Gasteiger partial charge in [-0.15, -0.1) is 0 Å². The highest BCUT2D eigenvalue weighted by Gasteiger charge is 2.08. The van der Waals surface area contributed by atoms with Crippen LogP contribution in [0.5, 0.6) is 0 Å². The maximum atomic E-state index is 13.4. The van der Waals surface area contributed by atoms with Crippen LogP contribution in [0.25, 0.3) is 0 Å². The lowest BCUT2D eigenvalue weighted by Crippen LogP contribution is -2.32. The number of nitrogens with one attached hydrogen (secondary N) is 1. The Kier molecular flexibility index (Phi) is 6.95. The molecule has 19 heavy (non-hydrogen) atoms. The first kappa shape index (κ1) is 16.1. The van der Waals surface area contributed by atoms with E-state index in [-0.39, 0.29) is 0 Å². The SMILES string of the molecule is CC(C)CNCCN(C)CCc1cccc(F)c1F. The topological polar surface area (TPSA) is 15.3 Å². The molecule has 0 radical (unpaired) electrons. The minimum absolute atomic E-state index is 0.446. The Labute approximate surface area is 114 Å². The van der Waals surface area contributed by atoms with Crippen molar-refractivity contribution in [2.45, 2.75) is 20.3 Å². The first-order chi connectivity index (χ1) is 9.00. The van der Waals surface area contributed by atoms with Gasteiger partial charge in [0.05, 0.1) is 0 Å². The minimum Gasteiger partial charge on any atom is -0.315 e. The van der Waals surface area contributed by atoms with Gasteiger partial charge in [-0.05, 0) is 37.6 Å². The van der Waals surface area contributed by atoms with Gasteiger partial charge in [0.2, 0.25) is 0 Å². The molecule has 2 nitrogen and oxygen atoms in total. The summed E-state index contributed by atoms with van der Waals surface area (Å²) >= 11 is 0. The van der Waals surface area contributed by atoms with Crippen LogP contribution in [0.4, 0.5) is 8.78 Å². The molecule has 0 bridgehead atoms. The van der Waals surface area contributed by atoms with E-state index in [0.717, 1.165) is 32.2 Å². The molecule has 0 amide bonds. The molecule has 0 aliphatic carbocycles. The first-order valence-electron chi connectivity index (χ1n) is 6.83. The van der Waals surface area contributed by atoms with Crippen molar-refractivity contribution in [1.82, 2.24) is 10.2 Å². The molecule has 1 aromatic rings. The Morgan fingerprint density at radius 3 is 2.63 bits per heavy atom. The summed E-state index contributed by atoms with van der Waals surface area (Å²) in [7, 11) is 1.99. The molecule has 1 rings (SSSR count). The van der Waals surface area contributed by atoms with Crippen molar-refractivity contribution in [3.05, 3.63) is 35.4 Å². The molecular formula is C15H24F2N2. The lowest BCUT2D eigenvalue weighted by Gasteiger charge is -2.17. The first-order valence-corrected chi connectivity index (χ1v) is 6.83. The molecule has 0 aromatic heterocycles. The normalized spacial score (nSPS) is 11.5. The molecule has 0 saturated carbocycles. The Bertz CT molecular complexity index is 380. The predicted molar refractivity (Wildman–Crippen MR) is 75.3 cm³/mol. The van der Waals surface area contributed by atoms with Crippen LogP contribution in [-0.4, -0.2) is 38.1 Å². The van der Waals surface area contributed by atoms with Gasteiger partial charge in [-0.25, -0.2) is 8.78 Å². The van der Waals surface area contributed by atoms with Gasteiger partial charge >= 0.3 is 0 Å². The zero-order valence-corrected chi connectivity index (χ0v) is 12.0. The van der Waals surface area contributed by atoms with E-state index >= 15 is 0 Å². The summed E-state index contributed by atoms with van der Waals surface area (Å²) in [5.41, 5.74) is 0.446. The summed E-state index contributed by atoms with van der Waals surface area (Å²) in [6, 6.07) is 4.35. The van der Waals surface area contributed by atoms with Crippen LogP contribution in [0.2, 0.25) is 0 Å². The van der Waals surface area contributed by atoms with Gasteiger partial charge in [0.25, 0.3) is 0 Å². The third-order valence-electron chi connectivity index (χ3n) is 3.02. The van der Waals surface area contributed by atoms with Gasteiger partial charge in [-0.2, -0.15) is 0 Å². The number of hydrogen-bond acceptors (Lipinski definition) is 2. The van der Waals surface area contributed by atoms with Crippen molar-refractivity contribution >= 4 is 0 Å². The molecule has 0 spiro atoms. The number of likely N-dealkylation sites (N-methyl/N-ethyl adjacent to an activating group) is 1. The monoisotopic (exact) mass is 270 g/mol. The van der Waals surface area contributed by atoms with E-state index in [1.165, 1.54) is 0 Å². The van der Waals surface area contributed by atoms with Crippen LogP contribution in [0.3, 0.4) is 0 Å². The van der Waals surface area contributed by atoms with E-state index in [2.05, 4.69) is 24.1 Å². The number of halogens is 2. The van der Waals surface area contributed by atoms with E-state index in [0.29, 0.717) is 17.9 Å². The summed E-state index contributed by atoms with van der Waals surface area (Å²) in [4.78, 5) is 2.12. The Morgan fingerprint density at radius 1 is 1.21 bits per heavy atom. The fraction of sp³-hybridized carbons (Fsp3) is 0.600. The number of nitrogens with zero attached hydrogens (tertiary/aromatic N) is 1. The highest BCUT2D eigenvalue weighted by Crippen LogP contribution is 2.11. The summed E-state index contributed by atoms with van der Waals surface area (Å²) < 4.78 is 26.5. The van der Waals surface area contributed by atoms with Crippen molar-refractivity contribution < 1.29 is 8.78 Å². The van der Waals surface area contributed by atoms with Crippen molar-refractivity contribution in [1.29, 1.82) is 0 Å². The second kappa shape index (κ2) is 8.23. The molecular weight excluding hydrogens is 246 g/mol. The number of hydrogen-bond donors (Lipinski definition) is 1. The molecule has 0 atom stereocenters. The van der Waals surface area contributed by atoms with Gasteiger partial charge in [-0.3, -0.25) is 0 Å². The van der Waals surface area contributed by atoms with Crippen LogP contribution in [0.15, 0.2) is 18.2 Å². The van der Waals surface area contributed by atoms with E-state index < -0.39 is 11.6 Å². The molecule has 108 valence electrons. The minimum atomic E-state index is -0.765. The maximum Gasteiger partial charge on any atom is 0.162 e. The van der Waals surface area contributed by atoms with Crippen molar-refractivity contribution in [3.8, 4) is 0 Å². The van der Waals surface area contributed by atoms with Crippen LogP contribution >= 0.6 is 0 Å². The largest absolute Gasteiger partial charge is 0.315 e. The van der Waals surface area contributed by atoms with Crippen LogP contribution < -0.4 is 5.32 Å². The highest BCUT2D eigenvalue weighted by molar-refractivity contribution is 5.19. The van der Waals surface area contributed by atoms with Crippen LogP contribution in [0.1, 0.15) is 19.4 Å². The smallest absolute Gasteiger partial charge is 0.162 e. The number of benzene rings is 1. The van der Waals surface area contributed by atoms with Crippen molar-refractivity contribution in [3.63, 3.8) is 0 Å². The van der Waals surface area contributed by atoms with Crippen LogP contribution in [0, 0.1) is 17.6 Å². The predicted octanol–water partition coefficient (Wildman–Crippen LogP) is 2.68. The highest BCUT2D eigenvalue weighted by atomic mass is 19.2. The zero-order chi connectivity index (χ0) is 14.3. The van der Waals surface area contributed by atoms with E-state index in [9.17, 15) is 8.78 Å². The molecule has 0 aliphatic rings. The summed E-state index contributed by atoms with van der Waals surface area (Å²) in [5.74, 6) is -0.834. The van der Waals surface area contributed by atoms with E-state index in [4.69, 9.17) is 0 Å². The van der Waals surface area contributed by atoms with Gasteiger partial charge in [0, 0.05) is 19.6 Å². The van der Waals surface area contributed by atoms with Crippen LogP contribution in [-0.2, 0) is 6.42 Å². The van der Waals surface area contributed by atoms with E-state index in [1.54, 1.807) is 12.1 Å². The third kappa shape index (κ3) is 6.12. The molecule has 0 heterocycles. The third-order valence-corrected chi connectivity index (χ3v) is 3.02. The molecule has 4 heteroatoms. The lowest BCUT2D eigenvalue weighted by molar-refractivity contribution is 0.330.